The number of piperazine rings is 1. The fourth-order valence-corrected chi connectivity index (χ4v) is 3.06. The molecule has 1 aliphatic rings. The maximum Gasteiger partial charge on any atom is 0.409 e. The molecule has 0 bridgehead atoms. The van der Waals surface area contributed by atoms with Gasteiger partial charge in [-0.1, -0.05) is 21.1 Å². The quantitative estimate of drug-likeness (QED) is 0.715. The number of carbonyl (C=O) groups is 2. The number of carbonyl (C=O) groups excluding carboxylic acids is 2. The Morgan fingerprint density at radius 1 is 1.15 bits per heavy atom. The predicted molar refractivity (Wildman–Crippen MR) is 101 cm³/mol. The van der Waals surface area contributed by atoms with Crippen molar-refractivity contribution in [2.75, 3.05) is 32.8 Å². The Morgan fingerprint density at radius 2 is 1.81 bits per heavy atom. The first-order valence-corrected chi connectivity index (χ1v) is 9.64. The molecule has 27 heavy (non-hydrogen) atoms. The Labute approximate surface area is 165 Å². The average molecular weight is 437 g/mol. The first kappa shape index (κ1) is 19.3. The van der Waals surface area contributed by atoms with Crippen molar-refractivity contribution in [3.63, 3.8) is 0 Å². The van der Waals surface area contributed by atoms with Crippen LogP contribution in [0.1, 0.15) is 19.2 Å². The molecular formula is C18H21BrN4O4. The second kappa shape index (κ2) is 8.98. The van der Waals surface area contributed by atoms with Crippen molar-refractivity contribution in [2.24, 2.45) is 0 Å². The van der Waals surface area contributed by atoms with E-state index in [0.29, 0.717) is 57.3 Å². The normalized spacial score (nSPS) is 14.3. The minimum Gasteiger partial charge on any atom is -0.450 e. The van der Waals surface area contributed by atoms with Crippen molar-refractivity contribution in [2.45, 2.75) is 19.8 Å². The standard InChI is InChI=1S/C18H21BrN4O4/c1-2-26-18(25)23-11-9-22(10-12-23)16(24)8-7-15-20-17(21-27-15)13-3-5-14(19)6-4-13/h3-6H,2,7-12H2,1H3. The van der Waals surface area contributed by atoms with Crippen LogP contribution < -0.4 is 0 Å². The number of amides is 2. The first-order valence-electron chi connectivity index (χ1n) is 8.85. The molecule has 1 aliphatic heterocycles. The maximum absolute atomic E-state index is 12.4. The van der Waals surface area contributed by atoms with Gasteiger partial charge < -0.3 is 19.1 Å². The molecule has 1 aromatic carbocycles. The number of hydrogen-bond donors (Lipinski definition) is 0. The number of halogens is 1. The molecule has 2 amide bonds. The second-order valence-corrected chi connectivity index (χ2v) is 7.00. The van der Waals surface area contributed by atoms with Crippen molar-refractivity contribution in [1.29, 1.82) is 0 Å². The fraction of sp³-hybridized carbons (Fsp3) is 0.444. The van der Waals surface area contributed by atoms with Crippen molar-refractivity contribution in [1.82, 2.24) is 19.9 Å². The molecule has 0 unspecified atom stereocenters. The topological polar surface area (TPSA) is 88.8 Å². The van der Waals surface area contributed by atoms with E-state index in [4.69, 9.17) is 9.26 Å². The van der Waals surface area contributed by atoms with E-state index in [2.05, 4.69) is 26.1 Å². The van der Waals surface area contributed by atoms with Gasteiger partial charge in [0.05, 0.1) is 6.61 Å². The number of aryl methyl sites for hydroxylation is 1. The monoisotopic (exact) mass is 436 g/mol. The van der Waals surface area contributed by atoms with Crippen LogP contribution in [0.25, 0.3) is 11.4 Å². The van der Waals surface area contributed by atoms with Crippen molar-refractivity contribution in [3.8, 4) is 11.4 Å². The number of aromatic nitrogens is 2. The number of ether oxygens (including phenoxy) is 1. The lowest BCUT2D eigenvalue weighted by Gasteiger charge is -2.34. The molecule has 0 N–H and O–H groups in total. The summed E-state index contributed by atoms with van der Waals surface area (Å²) in [5, 5.41) is 3.97. The summed E-state index contributed by atoms with van der Waals surface area (Å²) >= 11 is 3.39. The van der Waals surface area contributed by atoms with Gasteiger partial charge in [0.1, 0.15) is 0 Å². The first-order chi connectivity index (χ1) is 13.1. The Balaban J connectivity index is 1.47. The largest absolute Gasteiger partial charge is 0.450 e. The lowest BCUT2D eigenvalue weighted by molar-refractivity contribution is -0.132. The van der Waals surface area contributed by atoms with Crippen LogP contribution in [-0.2, 0) is 16.0 Å². The molecule has 1 fully saturated rings. The Bertz CT molecular complexity index is 785. The van der Waals surface area contributed by atoms with E-state index < -0.39 is 0 Å². The summed E-state index contributed by atoms with van der Waals surface area (Å²) < 4.78 is 11.2. The van der Waals surface area contributed by atoms with Crippen LogP contribution >= 0.6 is 15.9 Å². The van der Waals surface area contributed by atoms with Crippen molar-refractivity contribution < 1.29 is 18.8 Å². The van der Waals surface area contributed by atoms with Crippen LogP contribution in [-0.4, -0.2) is 64.7 Å². The molecule has 0 radical (unpaired) electrons. The Kier molecular flexibility index (Phi) is 6.44. The summed E-state index contributed by atoms with van der Waals surface area (Å²) in [5.41, 5.74) is 0.856. The summed E-state index contributed by atoms with van der Waals surface area (Å²) in [5.74, 6) is 0.960. The third-order valence-corrected chi connectivity index (χ3v) is 4.81. The molecule has 0 saturated carbocycles. The zero-order chi connectivity index (χ0) is 19.2. The Hall–Kier alpha value is -2.42. The zero-order valence-corrected chi connectivity index (χ0v) is 16.6. The molecule has 0 aliphatic carbocycles. The lowest BCUT2D eigenvalue weighted by atomic mass is 10.2. The van der Waals surface area contributed by atoms with E-state index in [1.165, 1.54) is 0 Å². The molecule has 0 spiro atoms. The molecular weight excluding hydrogens is 416 g/mol. The fourth-order valence-electron chi connectivity index (χ4n) is 2.80. The molecule has 144 valence electrons. The van der Waals surface area contributed by atoms with E-state index >= 15 is 0 Å². The van der Waals surface area contributed by atoms with Crippen molar-refractivity contribution >= 4 is 27.9 Å². The van der Waals surface area contributed by atoms with Crippen LogP contribution in [0, 0.1) is 0 Å². The van der Waals surface area contributed by atoms with Crippen LogP contribution in [0.5, 0.6) is 0 Å². The molecule has 2 heterocycles. The third kappa shape index (κ3) is 5.06. The summed E-state index contributed by atoms with van der Waals surface area (Å²) in [6, 6.07) is 7.61. The third-order valence-electron chi connectivity index (χ3n) is 4.28. The summed E-state index contributed by atoms with van der Waals surface area (Å²) in [6.07, 6.45) is 0.359. The average Bonchev–Trinajstić information content (AvgIpc) is 3.16. The van der Waals surface area contributed by atoms with E-state index in [-0.39, 0.29) is 12.0 Å². The van der Waals surface area contributed by atoms with Crippen LogP contribution in [0.2, 0.25) is 0 Å². The van der Waals surface area contributed by atoms with Gasteiger partial charge in [0.15, 0.2) is 0 Å². The van der Waals surface area contributed by atoms with Gasteiger partial charge in [-0.25, -0.2) is 4.79 Å². The van der Waals surface area contributed by atoms with Gasteiger partial charge in [-0.2, -0.15) is 4.98 Å². The zero-order valence-electron chi connectivity index (χ0n) is 15.1. The van der Waals surface area contributed by atoms with Gasteiger partial charge >= 0.3 is 6.09 Å². The summed E-state index contributed by atoms with van der Waals surface area (Å²) in [4.78, 5) is 31.8. The highest BCUT2D eigenvalue weighted by molar-refractivity contribution is 9.10. The van der Waals surface area contributed by atoms with Gasteiger partial charge in [0, 0.05) is 49.1 Å². The highest BCUT2D eigenvalue weighted by atomic mass is 79.9. The number of nitrogens with zero attached hydrogens (tertiary/aromatic N) is 4. The minimum absolute atomic E-state index is 0.0156. The molecule has 2 aromatic rings. The van der Waals surface area contributed by atoms with E-state index in [0.717, 1.165) is 10.0 Å². The molecule has 0 atom stereocenters. The van der Waals surface area contributed by atoms with Crippen LogP contribution in [0.3, 0.4) is 0 Å². The minimum atomic E-state index is -0.323. The lowest BCUT2D eigenvalue weighted by Crippen LogP contribution is -2.50. The molecule has 8 nitrogen and oxygen atoms in total. The van der Waals surface area contributed by atoms with Crippen molar-refractivity contribution in [3.05, 3.63) is 34.6 Å². The van der Waals surface area contributed by atoms with Gasteiger partial charge in [0.2, 0.25) is 17.6 Å². The Morgan fingerprint density at radius 3 is 2.48 bits per heavy atom. The van der Waals surface area contributed by atoms with Gasteiger partial charge in [-0.15, -0.1) is 0 Å². The summed E-state index contributed by atoms with van der Waals surface area (Å²) in [7, 11) is 0. The van der Waals surface area contributed by atoms with Crippen LogP contribution in [0.4, 0.5) is 4.79 Å². The number of hydrogen-bond acceptors (Lipinski definition) is 6. The van der Waals surface area contributed by atoms with Gasteiger partial charge in [-0.3, -0.25) is 4.79 Å². The number of benzene rings is 1. The van der Waals surface area contributed by atoms with Gasteiger partial charge in [0.25, 0.3) is 0 Å². The molecule has 3 rings (SSSR count). The molecule has 9 heteroatoms. The van der Waals surface area contributed by atoms with Crippen LogP contribution in [0.15, 0.2) is 33.3 Å². The highest BCUT2D eigenvalue weighted by Gasteiger charge is 2.25. The van der Waals surface area contributed by atoms with E-state index in [9.17, 15) is 9.59 Å². The van der Waals surface area contributed by atoms with E-state index in [1.54, 1.807) is 16.7 Å². The predicted octanol–water partition coefficient (Wildman–Crippen LogP) is 2.73. The maximum atomic E-state index is 12.4. The second-order valence-electron chi connectivity index (χ2n) is 6.09. The summed E-state index contributed by atoms with van der Waals surface area (Å²) in [6.45, 7) is 4.11. The molecule has 1 saturated heterocycles. The molecule has 1 aromatic heterocycles. The SMILES string of the molecule is CCOC(=O)N1CCN(C(=O)CCc2nc(-c3ccc(Br)cc3)no2)CC1. The smallest absolute Gasteiger partial charge is 0.409 e. The highest BCUT2D eigenvalue weighted by Crippen LogP contribution is 2.19. The van der Waals surface area contributed by atoms with Gasteiger partial charge in [-0.05, 0) is 31.2 Å². The van der Waals surface area contributed by atoms with E-state index in [1.807, 2.05) is 24.3 Å². The number of rotatable bonds is 5.